The van der Waals surface area contributed by atoms with Crippen LogP contribution in [0.15, 0.2) is 0 Å². The first kappa shape index (κ1) is 10.2. The molecule has 1 fully saturated rings. The molecule has 0 amide bonds. The van der Waals surface area contributed by atoms with Crippen LogP contribution in [0.2, 0.25) is 0 Å². The summed E-state index contributed by atoms with van der Waals surface area (Å²) < 4.78 is 10.8. The molecule has 0 aromatic heterocycles. The van der Waals surface area contributed by atoms with Crippen molar-refractivity contribution in [2.24, 2.45) is 0 Å². The lowest BCUT2D eigenvalue weighted by Gasteiger charge is -2.32. The molecule has 0 aliphatic carbocycles. The summed E-state index contributed by atoms with van der Waals surface area (Å²) in [7, 11) is 0. The van der Waals surface area contributed by atoms with E-state index in [1.807, 2.05) is 13.8 Å². The van der Waals surface area contributed by atoms with Gasteiger partial charge in [0, 0.05) is 0 Å². The molecule has 0 radical (unpaired) electrons. The van der Waals surface area contributed by atoms with Crippen molar-refractivity contribution in [3.63, 3.8) is 0 Å². The van der Waals surface area contributed by atoms with Crippen LogP contribution in [0.4, 0.5) is 0 Å². The second kappa shape index (κ2) is 3.91. The lowest BCUT2D eigenvalue weighted by Crippen LogP contribution is -2.41. The van der Waals surface area contributed by atoms with Crippen LogP contribution in [0.1, 0.15) is 20.3 Å². The van der Waals surface area contributed by atoms with Gasteiger partial charge in [0.25, 0.3) is 0 Å². The van der Waals surface area contributed by atoms with E-state index in [1.165, 1.54) is 0 Å². The van der Waals surface area contributed by atoms with E-state index in [9.17, 15) is 4.79 Å². The number of cyclic esters (lactones) is 1. The number of esters is 1. The summed E-state index contributed by atoms with van der Waals surface area (Å²) in [6, 6.07) is 0. The lowest BCUT2D eigenvalue weighted by atomic mass is 10.1. The summed E-state index contributed by atoms with van der Waals surface area (Å²) in [5, 5.41) is 0. The molecular formula is C8H13IO3. The number of hydrogen-bond donors (Lipinski definition) is 0. The third-order valence-electron chi connectivity index (χ3n) is 1.85. The maximum atomic E-state index is 11.1. The number of ether oxygens (including phenoxy) is 2. The predicted octanol–water partition coefficient (Wildman–Crippen LogP) is 1.53. The van der Waals surface area contributed by atoms with Crippen LogP contribution < -0.4 is 0 Å². The van der Waals surface area contributed by atoms with Crippen molar-refractivity contribution in [1.82, 2.24) is 0 Å². The van der Waals surface area contributed by atoms with Gasteiger partial charge < -0.3 is 9.47 Å². The summed E-state index contributed by atoms with van der Waals surface area (Å²) in [4.78, 5) is 11.1. The van der Waals surface area contributed by atoms with E-state index in [-0.39, 0.29) is 9.89 Å². The average molecular weight is 284 g/mol. The molecule has 0 bridgehead atoms. The van der Waals surface area contributed by atoms with Crippen molar-refractivity contribution in [2.45, 2.75) is 29.8 Å². The average Bonchev–Trinajstić information content (AvgIpc) is 1.95. The van der Waals surface area contributed by atoms with Crippen molar-refractivity contribution >= 4 is 28.6 Å². The third-order valence-corrected chi connectivity index (χ3v) is 3.71. The van der Waals surface area contributed by atoms with E-state index in [0.717, 1.165) is 0 Å². The molecule has 3 nitrogen and oxygen atoms in total. The molecule has 12 heavy (non-hydrogen) atoms. The molecule has 4 heteroatoms. The normalized spacial score (nSPS) is 30.2. The van der Waals surface area contributed by atoms with E-state index < -0.39 is 5.60 Å². The fourth-order valence-electron chi connectivity index (χ4n) is 0.951. The molecule has 1 atom stereocenters. The Hall–Kier alpha value is 0.160. The van der Waals surface area contributed by atoms with Gasteiger partial charge in [-0.15, -0.1) is 0 Å². The molecular weight excluding hydrogens is 271 g/mol. The number of halogens is 1. The highest BCUT2D eigenvalue weighted by Crippen LogP contribution is 2.24. The molecule has 1 unspecified atom stereocenters. The van der Waals surface area contributed by atoms with Gasteiger partial charge in [0.1, 0.15) is 5.60 Å². The van der Waals surface area contributed by atoms with Gasteiger partial charge >= 0.3 is 5.97 Å². The molecule has 0 aromatic rings. The van der Waals surface area contributed by atoms with Gasteiger partial charge in [-0.1, -0.05) is 22.6 Å². The Labute approximate surface area is 85.9 Å². The Balaban J connectivity index is 2.63. The van der Waals surface area contributed by atoms with Crippen LogP contribution in [0.3, 0.4) is 0 Å². The molecule has 1 aliphatic heterocycles. The molecule has 1 saturated heterocycles. The molecule has 1 rings (SSSR count). The van der Waals surface area contributed by atoms with Gasteiger partial charge in [-0.05, 0) is 13.8 Å². The number of alkyl halides is 1. The first-order valence-electron chi connectivity index (χ1n) is 3.96. The van der Waals surface area contributed by atoms with Crippen molar-refractivity contribution in [2.75, 3.05) is 13.2 Å². The first-order chi connectivity index (χ1) is 5.52. The molecule has 0 N–H and O–H groups in total. The Morgan fingerprint density at radius 3 is 2.92 bits per heavy atom. The Kier molecular flexibility index (Phi) is 3.34. The number of carbonyl (C=O) groups excluding carboxylic acids is 1. The second-order valence-electron chi connectivity index (χ2n) is 3.37. The van der Waals surface area contributed by atoms with Crippen LogP contribution in [-0.2, 0) is 14.3 Å². The molecule has 70 valence electrons. The molecule has 0 saturated carbocycles. The van der Waals surface area contributed by atoms with Gasteiger partial charge in [-0.3, -0.25) is 4.79 Å². The van der Waals surface area contributed by atoms with E-state index >= 15 is 0 Å². The standard InChI is InChI=1S/C8H13IO3/c1-8(2)6(9)5-11-4-3-7(10)12-8/h6H,3-5H2,1-2H3. The van der Waals surface area contributed by atoms with Crippen molar-refractivity contribution < 1.29 is 14.3 Å². The monoisotopic (exact) mass is 284 g/mol. The van der Waals surface area contributed by atoms with Gasteiger partial charge in [-0.2, -0.15) is 0 Å². The fraction of sp³-hybridized carbons (Fsp3) is 0.875. The molecule has 1 aliphatic rings. The van der Waals surface area contributed by atoms with Crippen LogP contribution in [0.5, 0.6) is 0 Å². The Morgan fingerprint density at radius 1 is 1.58 bits per heavy atom. The SMILES string of the molecule is CC1(C)OC(=O)CCOCC1I. The van der Waals surface area contributed by atoms with Gasteiger partial charge in [-0.25, -0.2) is 0 Å². The summed E-state index contributed by atoms with van der Waals surface area (Å²) in [5.41, 5.74) is -0.405. The van der Waals surface area contributed by atoms with Crippen LogP contribution in [0, 0.1) is 0 Å². The predicted molar refractivity (Wildman–Crippen MR) is 53.4 cm³/mol. The summed E-state index contributed by atoms with van der Waals surface area (Å²) in [6.07, 6.45) is 0.368. The highest BCUT2D eigenvalue weighted by atomic mass is 127. The fourth-order valence-corrected chi connectivity index (χ4v) is 1.33. The van der Waals surface area contributed by atoms with E-state index in [2.05, 4.69) is 22.6 Å². The topological polar surface area (TPSA) is 35.5 Å². The van der Waals surface area contributed by atoms with Crippen LogP contribution >= 0.6 is 22.6 Å². The molecule has 1 heterocycles. The van der Waals surface area contributed by atoms with Gasteiger partial charge in [0.05, 0.1) is 23.6 Å². The maximum Gasteiger partial charge on any atom is 0.308 e. The number of hydrogen-bond acceptors (Lipinski definition) is 3. The zero-order valence-corrected chi connectivity index (χ0v) is 9.46. The number of rotatable bonds is 0. The zero-order chi connectivity index (χ0) is 9.19. The highest BCUT2D eigenvalue weighted by Gasteiger charge is 2.32. The quantitative estimate of drug-likeness (QED) is 0.384. The Bertz CT molecular complexity index is 179. The molecule has 0 spiro atoms. The van der Waals surface area contributed by atoms with Crippen LogP contribution in [-0.4, -0.2) is 28.7 Å². The first-order valence-corrected chi connectivity index (χ1v) is 5.20. The smallest absolute Gasteiger partial charge is 0.308 e. The van der Waals surface area contributed by atoms with E-state index in [4.69, 9.17) is 9.47 Å². The third kappa shape index (κ3) is 2.58. The van der Waals surface area contributed by atoms with Gasteiger partial charge in [0.15, 0.2) is 0 Å². The Morgan fingerprint density at radius 2 is 2.25 bits per heavy atom. The minimum absolute atomic E-state index is 0.165. The second-order valence-corrected chi connectivity index (χ2v) is 4.87. The number of carbonyl (C=O) groups is 1. The molecule has 0 aromatic carbocycles. The summed E-state index contributed by atoms with van der Waals surface area (Å²) >= 11 is 2.25. The van der Waals surface area contributed by atoms with Crippen LogP contribution in [0.25, 0.3) is 0 Å². The maximum absolute atomic E-state index is 11.1. The van der Waals surface area contributed by atoms with Crippen molar-refractivity contribution in [3.8, 4) is 0 Å². The highest BCUT2D eigenvalue weighted by molar-refractivity contribution is 14.1. The summed E-state index contributed by atoms with van der Waals surface area (Å²) in [5.74, 6) is -0.165. The zero-order valence-electron chi connectivity index (χ0n) is 7.30. The van der Waals surface area contributed by atoms with E-state index in [0.29, 0.717) is 19.6 Å². The van der Waals surface area contributed by atoms with Crippen molar-refractivity contribution in [1.29, 1.82) is 0 Å². The minimum atomic E-state index is -0.405. The minimum Gasteiger partial charge on any atom is -0.458 e. The van der Waals surface area contributed by atoms with E-state index in [1.54, 1.807) is 0 Å². The van der Waals surface area contributed by atoms with Gasteiger partial charge in [0.2, 0.25) is 0 Å². The lowest BCUT2D eigenvalue weighted by molar-refractivity contribution is -0.161. The van der Waals surface area contributed by atoms with Crippen molar-refractivity contribution in [3.05, 3.63) is 0 Å². The summed E-state index contributed by atoms with van der Waals surface area (Å²) in [6.45, 7) is 4.96. The largest absolute Gasteiger partial charge is 0.458 e.